The first kappa shape index (κ1) is 13.8. The van der Waals surface area contributed by atoms with Crippen LogP contribution in [0.2, 0.25) is 0 Å². The molecule has 1 saturated carbocycles. The van der Waals surface area contributed by atoms with Crippen LogP contribution in [0.1, 0.15) is 43.4 Å². The number of rotatable bonds is 3. The van der Waals surface area contributed by atoms with Gasteiger partial charge in [-0.05, 0) is 26.2 Å². The van der Waals surface area contributed by atoms with Crippen molar-refractivity contribution in [2.24, 2.45) is 5.92 Å². The Balaban J connectivity index is 1.67. The molecule has 0 spiro atoms. The first-order chi connectivity index (χ1) is 9.62. The first-order valence-electron chi connectivity index (χ1n) is 7.73. The lowest BCUT2D eigenvalue weighted by Crippen LogP contribution is -2.52. The molecule has 0 aromatic carbocycles. The zero-order valence-corrected chi connectivity index (χ0v) is 12.4. The van der Waals surface area contributed by atoms with Crippen molar-refractivity contribution in [3.63, 3.8) is 0 Å². The Morgan fingerprint density at radius 3 is 3.10 bits per heavy atom. The Kier molecular flexibility index (Phi) is 3.69. The van der Waals surface area contributed by atoms with E-state index in [4.69, 9.17) is 0 Å². The number of fused-ring (bicyclic) bond motifs is 1. The molecule has 110 valence electrons. The molecule has 1 aliphatic carbocycles. The number of aromatic nitrogens is 2. The highest BCUT2D eigenvalue weighted by molar-refractivity contribution is 5.26. The van der Waals surface area contributed by atoms with Crippen LogP contribution in [-0.2, 0) is 6.54 Å². The number of nitrogens with zero attached hydrogens (tertiary/aromatic N) is 3. The van der Waals surface area contributed by atoms with Crippen molar-refractivity contribution in [3.8, 4) is 0 Å². The molecule has 2 heterocycles. The Morgan fingerprint density at radius 2 is 2.35 bits per heavy atom. The molecule has 4 nitrogen and oxygen atoms in total. The summed E-state index contributed by atoms with van der Waals surface area (Å²) in [6.45, 7) is 8.81. The normalized spacial score (nSPS) is 31.0. The van der Waals surface area contributed by atoms with Gasteiger partial charge in [-0.3, -0.25) is 4.90 Å². The van der Waals surface area contributed by atoms with Gasteiger partial charge < -0.3 is 5.11 Å². The molecule has 1 aliphatic heterocycles. The summed E-state index contributed by atoms with van der Waals surface area (Å²) in [6, 6.07) is 0. The summed E-state index contributed by atoms with van der Waals surface area (Å²) in [5, 5.41) is 15.0. The molecule has 2 aliphatic rings. The third kappa shape index (κ3) is 2.42. The summed E-state index contributed by atoms with van der Waals surface area (Å²) >= 11 is 0. The number of aliphatic hydroxyl groups is 1. The van der Waals surface area contributed by atoms with Crippen molar-refractivity contribution in [3.05, 3.63) is 24.0 Å². The predicted octanol–water partition coefficient (Wildman–Crippen LogP) is 2.42. The number of piperidine rings is 1. The van der Waals surface area contributed by atoms with Gasteiger partial charge in [0.25, 0.3) is 0 Å². The minimum atomic E-state index is -0.380. The van der Waals surface area contributed by atoms with Crippen LogP contribution in [-0.4, -0.2) is 38.5 Å². The average Bonchev–Trinajstić information content (AvgIpc) is 2.80. The molecule has 20 heavy (non-hydrogen) atoms. The lowest BCUT2D eigenvalue weighted by Gasteiger charge is -2.47. The van der Waals surface area contributed by atoms with Crippen LogP contribution in [0.5, 0.6) is 0 Å². The van der Waals surface area contributed by atoms with E-state index < -0.39 is 0 Å². The molecule has 0 unspecified atom stereocenters. The number of hydrogen-bond donors (Lipinski definition) is 1. The van der Waals surface area contributed by atoms with E-state index in [1.54, 1.807) is 6.20 Å². The highest BCUT2D eigenvalue weighted by atomic mass is 16.3. The zero-order chi connectivity index (χ0) is 14.2. The van der Waals surface area contributed by atoms with Crippen LogP contribution < -0.4 is 0 Å². The smallest absolute Gasteiger partial charge is 0.0700 e. The molecule has 4 heteroatoms. The summed E-state index contributed by atoms with van der Waals surface area (Å²) in [5.74, 6) is 0.458. The monoisotopic (exact) mass is 275 g/mol. The maximum absolute atomic E-state index is 10.7. The van der Waals surface area contributed by atoms with E-state index in [2.05, 4.69) is 23.5 Å². The Labute approximate surface area is 121 Å². The van der Waals surface area contributed by atoms with Gasteiger partial charge in [0, 0.05) is 43.0 Å². The Morgan fingerprint density at radius 1 is 1.50 bits per heavy atom. The topological polar surface area (TPSA) is 41.3 Å². The van der Waals surface area contributed by atoms with Gasteiger partial charge in [0.2, 0.25) is 0 Å². The molecule has 0 amide bonds. The van der Waals surface area contributed by atoms with E-state index in [0.717, 1.165) is 32.5 Å². The third-order valence-corrected chi connectivity index (χ3v) is 5.22. The maximum atomic E-state index is 10.7. The molecular weight excluding hydrogens is 250 g/mol. The Hall–Kier alpha value is -1.13. The average molecular weight is 275 g/mol. The van der Waals surface area contributed by atoms with Crippen LogP contribution in [0.15, 0.2) is 12.8 Å². The second-order valence-corrected chi connectivity index (χ2v) is 6.41. The molecule has 0 radical (unpaired) electrons. The van der Waals surface area contributed by atoms with Crippen molar-refractivity contribution < 1.29 is 5.11 Å². The van der Waals surface area contributed by atoms with E-state index in [9.17, 15) is 5.11 Å². The highest BCUT2D eigenvalue weighted by Gasteiger charge is 2.42. The largest absolute Gasteiger partial charge is 0.390 e. The van der Waals surface area contributed by atoms with Crippen LogP contribution in [0, 0.1) is 12.8 Å². The van der Waals surface area contributed by atoms with Crippen LogP contribution >= 0.6 is 0 Å². The molecule has 2 fully saturated rings. The van der Waals surface area contributed by atoms with Crippen molar-refractivity contribution in [2.75, 3.05) is 13.1 Å². The van der Waals surface area contributed by atoms with Crippen molar-refractivity contribution >= 4 is 6.20 Å². The molecule has 3 rings (SSSR count). The van der Waals surface area contributed by atoms with E-state index >= 15 is 0 Å². The Bertz CT molecular complexity index is 496. The number of hydrogen-bond acceptors (Lipinski definition) is 3. The van der Waals surface area contributed by atoms with Gasteiger partial charge in [0.15, 0.2) is 0 Å². The summed E-state index contributed by atoms with van der Waals surface area (Å²) in [7, 11) is 0. The fraction of sp³-hybridized carbons (Fsp3) is 0.688. The quantitative estimate of drug-likeness (QED) is 0.921. The molecule has 0 bridgehead atoms. The third-order valence-electron chi connectivity index (χ3n) is 5.22. The minimum absolute atomic E-state index is 0.380. The summed E-state index contributed by atoms with van der Waals surface area (Å²) < 4.78 is 1.83. The van der Waals surface area contributed by atoms with Gasteiger partial charge >= 0.3 is 0 Å². The van der Waals surface area contributed by atoms with Gasteiger partial charge in [-0.15, -0.1) is 0 Å². The van der Waals surface area contributed by atoms with Gasteiger partial charge in [0.05, 0.1) is 11.8 Å². The van der Waals surface area contributed by atoms with E-state index in [1.807, 2.05) is 10.9 Å². The lowest BCUT2D eigenvalue weighted by molar-refractivity contribution is -0.0968. The first-order valence-corrected chi connectivity index (χ1v) is 7.73. The molecule has 1 saturated heterocycles. The maximum Gasteiger partial charge on any atom is 0.0700 e. The van der Waals surface area contributed by atoms with E-state index in [0.29, 0.717) is 5.92 Å². The molecule has 1 aromatic heterocycles. The van der Waals surface area contributed by atoms with Crippen molar-refractivity contribution in [2.45, 2.75) is 51.2 Å². The highest BCUT2D eigenvalue weighted by Crippen LogP contribution is 2.40. The standard InChI is InChI=1S/C16H25N3O/c1-3-19-13(2)14(10-17-19)11-18-9-8-16(20)7-5-4-6-15(16)12-18/h3,10,15,20H,1,4-9,11-12H2,2H3/t15-,16+/m1/s1. The van der Waals surface area contributed by atoms with Crippen molar-refractivity contribution in [1.29, 1.82) is 0 Å². The molecule has 1 aromatic rings. The van der Waals surface area contributed by atoms with Gasteiger partial charge in [-0.25, -0.2) is 4.68 Å². The fourth-order valence-corrected chi connectivity index (χ4v) is 3.82. The van der Waals surface area contributed by atoms with Gasteiger partial charge in [-0.1, -0.05) is 19.4 Å². The lowest BCUT2D eigenvalue weighted by atomic mass is 9.71. The summed E-state index contributed by atoms with van der Waals surface area (Å²) in [4.78, 5) is 2.47. The molecule has 2 atom stereocenters. The van der Waals surface area contributed by atoms with E-state index in [1.165, 1.54) is 30.5 Å². The number of likely N-dealkylation sites (tertiary alicyclic amines) is 1. The van der Waals surface area contributed by atoms with Gasteiger partial charge in [-0.2, -0.15) is 5.10 Å². The van der Waals surface area contributed by atoms with E-state index in [-0.39, 0.29) is 5.60 Å². The van der Waals surface area contributed by atoms with Gasteiger partial charge in [0.1, 0.15) is 0 Å². The molecule has 1 N–H and O–H groups in total. The second kappa shape index (κ2) is 5.34. The summed E-state index contributed by atoms with van der Waals surface area (Å²) in [6.07, 6.45) is 9.25. The van der Waals surface area contributed by atoms with Crippen LogP contribution in [0.4, 0.5) is 0 Å². The zero-order valence-electron chi connectivity index (χ0n) is 12.4. The predicted molar refractivity (Wildman–Crippen MR) is 80.2 cm³/mol. The summed E-state index contributed by atoms with van der Waals surface area (Å²) in [5.41, 5.74) is 2.06. The van der Waals surface area contributed by atoms with Crippen LogP contribution in [0.25, 0.3) is 6.20 Å². The molecular formula is C16H25N3O. The van der Waals surface area contributed by atoms with Crippen LogP contribution in [0.3, 0.4) is 0 Å². The second-order valence-electron chi connectivity index (χ2n) is 6.41. The fourth-order valence-electron chi connectivity index (χ4n) is 3.82. The minimum Gasteiger partial charge on any atom is -0.390 e. The van der Waals surface area contributed by atoms with Crippen molar-refractivity contribution in [1.82, 2.24) is 14.7 Å². The SMILES string of the molecule is C=Cn1ncc(CN2CC[C@@]3(O)CCCC[C@@H]3C2)c1C.